The van der Waals surface area contributed by atoms with E-state index < -0.39 is 30.0 Å². The number of alkyl halides is 2. The van der Waals surface area contributed by atoms with E-state index in [1.807, 2.05) is 6.07 Å². The van der Waals surface area contributed by atoms with Crippen molar-refractivity contribution >= 4 is 22.4 Å². The number of hydrogen-bond donors (Lipinski definition) is 2. The second-order valence-electron chi connectivity index (χ2n) is 9.79. The lowest BCUT2D eigenvalue weighted by atomic mass is 9.91. The predicted molar refractivity (Wildman–Crippen MR) is 130 cm³/mol. The molecule has 0 aliphatic carbocycles. The fourth-order valence-corrected chi connectivity index (χ4v) is 5.02. The Morgan fingerprint density at radius 2 is 2.03 bits per heavy atom. The Morgan fingerprint density at radius 1 is 1.25 bits per heavy atom. The maximum atomic E-state index is 15.0. The van der Waals surface area contributed by atoms with E-state index in [4.69, 9.17) is 9.84 Å². The Bertz CT molecular complexity index is 1280. The van der Waals surface area contributed by atoms with Crippen molar-refractivity contribution in [2.75, 3.05) is 56.7 Å². The number of aliphatic hydroxyl groups excluding tert-OH is 1. The quantitative estimate of drug-likeness (QED) is 0.532. The van der Waals surface area contributed by atoms with Crippen LogP contribution in [-0.4, -0.2) is 77.2 Å². The Balaban J connectivity index is 1.42. The highest BCUT2D eigenvalue weighted by molar-refractivity contribution is 5.92. The maximum Gasteiger partial charge on any atom is 0.298 e. The molecule has 0 amide bonds. The summed E-state index contributed by atoms with van der Waals surface area (Å²) in [5.74, 6) is -4.37. The van der Waals surface area contributed by atoms with Gasteiger partial charge in [0, 0.05) is 24.0 Å². The molecule has 192 valence electrons. The summed E-state index contributed by atoms with van der Waals surface area (Å²) in [5.41, 5.74) is 1.20. The molecule has 0 bridgehead atoms. The summed E-state index contributed by atoms with van der Waals surface area (Å²) in [6.45, 7) is 5.99. The van der Waals surface area contributed by atoms with Gasteiger partial charge in [0.15, 0.2) is 5.82 Å². The molecular weight excluding hydrogens is 473 g/mol. The number of rotatable bonds is 6. The molecule has 1 aromatic carbocycles. The van der Waals surface area contributed by atoms with E-state index in [-0.39, 0.29) is 11.2 Å². The van der Waals surface area contributed by atoms with Gasteiger partial charge in [0.25, 0.3) is 5.92 Å². The third-order valence-electron chi connectivity index (χ3n) is 6.97. The number of aliphatic hydroxyl groups is 1. The summed E-state index contributed by atoms with van der Waals surface area (Å²) in [4.78, 5) is 9.07. The average Bonchev–Trinajstić information content (AvgIpc) is 2.84. The number of nitrogens with one attached hydrogen (secondary N) is 1. The number of hydrogen-bond acceptors (Lipinski definition) is 8. The number of pyridine rings is 1. The number of ether oxygens (including phenoxy) is 1. The Kier molecular flexibility index (Phi) is 6.26. The third kappa shape index (κ3) is 4.35. The summed E-state index contributed by atoms with van der Waals surface area (Å²) in [5, 5.41) is 21.3. The van der Waals surface area contributed by atoms with Crippen LogP contribution in [0.2, 0.25) is 0 Å². The highest BCUT2D eigenvalue weighted by Gasteiger charge is 2.46. The fraction of sp³-hybridized carbons (Fsp3) is 0.480. The van der Waals surface area contributed by atoms with Crippen LogP contribution in [0.3, 0.4) is 0 Å². The van der Waals surface area contributed by atoms with Gasteiger partial charge in [-0.1, -0.05) is 12.1 Å². The molecule has 0 unspecified atom stereocenters. The van der Waals surface area contributed by atoms with Crippen LogP contribution in [0.4, 0.5) is 24.7 Å². The molecule has 2 aromatic heterocycles. The number of nitrogens with zero attached hydrogens (tertiary/aromatic N) is 5. The standard InChI is InChI=1S/C25H29F3N6O2/c1-15(18-5-4-6-20(21(18)26)25(27,28)14-35)30-23-19-9-17(10-29-22(19)16(2)31-32-23)34-12-24(13-34)11-33(3)7-8-36-24/h4-6,9-10,15,35H,7-8,11-14H2,1-3H3,(H,30,32)/t15-/m1/s1. The zero-order valence-electron chi connectivity index (χ0n) is 20.4. The molecule has 2 aliphatic heterocycles. The smallest absolute Gasteiger partial charge is 0.298 e. The molecule has 2 N–H and O–H groups in total. The molecule has 36 heavy (non-hydrogen) atoms. The Labute approximate surface area is 207 Å². The largest absolute Gasteiger partial charge is 0.390 e. The van der Waals surface area contributed by atoms with Gasteiger partial charge in [-0.25, -0.2) is 4.39 Å². The van der Waals surface area contributed by atoms with Gasteiger partial charge >= 0.3 is 0 Å². The molecule has 4 heterocycles. The second-order valence-corrected chi connectivity index (χ2v) is 9.79. The summed E-state index contributed by atoms with van der Waals surface area (Å²) < 4.78 is 49.1. The van der Waals surface area contributed by atoms with Crippen molar-refractivity contribution < 1.29 is 23.0 Å². The zero-order valence-corrected chi connectivity index (χ0v) is 20.4. The number of likely N-dealkylation sites (N-methyl/N-ethyl adjacent to an activating group) is 1. The summed E-state index contributed by atoms with van der Waals surface area (Å²) in [7, 11) is 2.09. The highest BCUT2D eigenvalue weighted by Crippen LogP contribution is 2.36. The van der Waals surface area contributed by atoms with E-state index in [2.05, 4.69) is 37.3 Å². The van der Waals surface area contributed by atoms with Crippen molar-refractivity contribution in [1.29, 1.82) is 0 Å². The van der Waals surface area contributed by atoms with Gasteiger partial charge in [0.05, 0.1) is 54.4 Å². The van der Waals surface area contributed by atoms with Crippen LogP contribution in [0.1, 0.15) is 29.8 Å². The second kappa shape index (κ2) is 9.13. The van der Waals surface area contributed by atoms with Crippen molar-refractivity contribution in [3.63, 3.8) is 0 Å². The lowest BCUT2D eigenvalue weighted by Crippen LogP contribution is -2.70. The molecule has 0 saturated carbocycles. The number of anilines is 2. The van der Waals surface area contributed by atoms with Crippen molar-refractivity contribution in [1.82, 2.24) is 20.1 Å². The summed E-state index contributed by atoms with van der Waals surface area (Å²) in [6.07, 6.45) is 1.80. The van der Waals surface area contributed by atoms with Crippen LogP contribution in [-0.2, 0) is 10.7 Å². The molecule has 2 saturated heterocycles. The van der Waals surface area contributed by atoms with Crippen molar-refractivity contribution in [2.45, 2.75) is 31.4 Å². The van der Waals surface area contributed by atoms with E-state index in [9.17, 15) is 8.78 Å². The van der Waals surface area contributed by atoms with Crippen LogP contribution >= 0.6 is 0 Å². The predicted octanol–water partition coefficient (Wildman–Crippen LogP) is 3.25. The molecule has 2 aliphatic rings. The summed E-state index contributed by atoms with van der Waals surface area (Å²) >= 11 is 0. The lowest BCUT2D eigenvalue weighted by Gasteiger charge is -2.54. The number of halogens is 3. The monoisotopic (exact) mass is 502 g/mol. The van der Waals surface area contributed by atoms with Gasteiger partial charge in [-0.3, -0.25) is 4.98 Å². The van der Waals surface area contributed by atoms with Crippen LogP contribution in [0, 0.1) is 12.7 Å². The van der Waals surface area contributed by atoms with Crippen LogP contribution in [0.5, 0.6) is 0 Å². The maximum absolute atomic E-state index is 15.0. The minimum atomic E-state index is -3.68. The Morgan fingerprint density at radius 3 is 2.75 bits per heavy atom. The normalized spacial score (nSPS) is 18.9. The minimum absolute atomic E-state index is 0.0310. The first-order chi connectivity index (χ1) is 17.1. The van der Waals surface area contributed by atoms with Gasteiger partial charge in [-0.2, -0.15) is 13.9 Å². The first kappa shape index (κ1) is 24.7. The van der Waals surface area contributed by atoms with Crippen LogP contribution in [0.25, 0.3) is 10.9 Å². The highest BCUT2D eigenvalue weighted by atomic mass is 19.3. The molecule has 1 spiro atoms. The van der Waals surface area contributed by atoms with E-state index >= 15 is 4.39 Å². The number of benzene rings is 1. The third-order valence-corrected chi connectivity index (χ3v) is 6.97. The van der Waals surface area contributed by atoms with Crippen molar-refractivity contribution in [3.8, 4) is 0 Å². The number of aryl methyl sites for hydroxylation is 1. The van der Waals surface area contributed by atoms with E-state index in [0.29, 0.717) is 29.0 Å². The number of aromatic nitrogens is 3. The fourth-order valence-electron chi connectivity index (χ4n) is 5.02. The molecule has 11 heteroatoms. The zero-order chi connectivity index (χ0) is 25.7. The molecule has 8 nitrogen and oxygen atoms in total. The Hall–Kier alpha value is -3.02. The van der Waals surface area contributed by atoms with Gasteiger partial charge in [0.2, 0.25) is 0 Å². The van der Waals surface area contributed by atoms with E-state index in [1.54, 1.807) is 20.0 Å². The number of morpholine rings is 1. The van der Waals surface area contributed by atoms with Gasteiger partial charge in [-0.15, -0.1) is 5.10 Å². The van der Waals surface area contributed by atoms with Crippen molar-refractivity contribution in [2.24, 2.45) is 0 Å². The molecular formula is C25H29F3N6O2. The SMILES string of the molecule is Cc1nnc(N[C@H](C)c2cccc(C(F)(F)CO)c2F)c2cc(N3CC4(CN(C)CCO4)C3)cnc12. The average molecular weight is 503 g/mol. The van der Waals surface area contributed by atoms with Crippen molar-refractivity contribution in [3.05, 3.63) is 53.1 Å². The first-order valence-corrected chi connectivity index (χ1v) is 11.9. The summed E-state index contributed by atoms with van der Waals surface area (Å²) in [6, 6.07) is 5.01. The topological polar surface area (TPSA) is 86.6 Å². The molecule has 1 atom stereocenters. The minimum Gasteiger partial charge on any atom is -0.390 e. The van der Waals surface area contributed by atoms with Gasteiger partial charge < -0.3 is 25.0 Å². The van der Waals surface area contributed by atoms with Crippen LogP contribution in [0.15, 0.2) is 30.5 Å². The molecule has 5 rings (SSSR count). The van der Waals surface area contributed by atoms with Crippen LogP contribution < -0.4 is 10.2 Å². The van der Waals surface area contributed by atoms with Gasteiger partial charge in [0.1, 0.15) is 18.0 Å². The molecule has 3 aromatic rings. The first-order valence-electron chi connectivity index (χ1n) is 11.9. The number of fused-ring (bicyclic) bond motifs is 1. The van der Waals surface area contributed by atoms with E-state index in [0.717, 1.165) is 37.9 Å². The molecule has 0 radical (unpaired) electrons. The van der Waals surface area contributed by atoms with E-state index in [1.165, 1.54) is 12.1 Å². The lowest BCUT2D eigenvalue weighted by molar-refractivity contribution is -0.117. The molecule has 2 fully saturated rings. The van der Waals surface area contributed by atoms with Gasteiger partial charge in [-0.05, 0) is 33.0 Å².